The van der Waals surface area contributed by atoms with E-state index >= 15 is 0 Å². The highest BCUT2D eigenvalue weighted by Crippen LogP contribution is 2.16. The van der Waals surface area contributed by atoms with Crippen molar-refractivity contribution >= 4 is 10.0 Å². The Morgan fingerprint density at radius 1 is 1.65 bits per heavy atom. The van der Waals surface area contributed by atoms with Gasteiger partial charge in [0.2, 0.25) is 0 Å². The van der Waals surface area contributed by atoms with Crippen molar-refractivity contribution in [1.29, 1.82) is 0 Å². The molecule has 1 aromatic heterocycles. The predicted molar refractivity (Wildman–Crippen MR) is 62.8 cm³/mol. The predicted octanol–water partition coefficient (Wildman–Crippen LogP) is -1.66. The van der Waals surface area contributed by atoms with Crippen LogP contribution >= 0.6 is 0 Å². The highest BCUT2D eigenvalue weighted by atomic mass is 32.2. The van der Waals surface area contributed by atoms with Crippen LogP contribution in [0.5, 0.6) is 0 Å². The van der Waals surface area contributed by atoms with Crippen LogP contribution < -0.4 is 11.1 Å². The van der Waals surface area contributed by atoms with E-state index in [2.05, 4.69) is 10.3 Å². The number of nitrogens with one attached hydrogen (secondary N) is 1. The molecule has 0 radical (unpaired) electrons. The number of piperazine rings is 1. The Labute approximate surface area is 101 Å². The van der Waals surface area contributed by atoms with Gasteiger partial charge in [-0.15, -0.1) is 0 Å². The largest absolute Gasteiger partial charge is 0.339 e. The van der Waals surface area contributed by atoms with E-state index in [1.807, 2.05) is 0 Å². The second-order valence-corrected chi connectivity index (χ2v) is 5.92. The lowest BCUT2D eigenvalue weighted by molar-refractivity contribution is 0.272. The van der Waals surface area contributed by atoms with E-state index < -0.39 is 10.0 Å². The van der Waals surface area contributed by atoms with Crippen LogP contribution in [-0.2, 0) is 17.1 Å². The molecule has 17 heavy (non-hydrogen) atoms. The van der Waals surface area contributed by atoms with Gasteiger partial charge in [0.25, 0.3) is 10.0 Å². The molecule has 3 N–H and O–H groups in total. The average Bonchev–Trinajstić information content (AvgIpc) is 2.76. The molecule has 1 aromatic rings. The van der Waals surface area contributed by atoms with Crippen molar-refractivity contribution < 1.29 is 8.42 Å². The molecule has 1 atom stereocenters. The normalized spacial score (nSPS) is 22.8. The van der Waals surface area contributed by atoms with Crippen LogP contribution in [0, 0.1) is 0 Å². The van der Waals surface area contributed by atoms with Gasteiger partial charge >= 0.3 is 0 Å². The van der Waals surface area contributed by atoms with Crippen LogP contribution in [0.15, 0.2) is 17.6 Å². The van der Waals surface area contributed by atoms with Crippen molar-refractivity contribution in [3.63, 3.8) is 0 Å². The van der Waals surface area contributed by atoms with Gasteiger partial charge in [0.15, 0.2) is 5.03 Å². The summed E-state index contributed by atoms with van der Waals surface area (Å²) >= 11 is 0. The van der Waals surface area contributed by atoms with Gasteiger partial charge in [-0.1, -0.05) is 0 Å². The molecule has 0 saturated carbocycles. The van der Waals surface area contributed by atoms with Crippen LogP contribution in [0.25, 0.3) is 0 Å². The first-order chi connectivity index (χ1) is 8.05. The number of aromatic nitrogens is 2. The van der Waals surface area contributed by atoms with E-state index in [1.165, 1.54) is 16.8 Å². The summed E-state index contributed by atoms with van der Waals surface area (Å²) in [6, 6.07) is -0.198. The Morgan fingerprint density at radius 3 is 3.00 bits per heavy atom. The van der Waals surface area contributed by atoms with Gasteiger partial charge < -0.3 is 15.6 Å². The van der Waals surface area contributed by atoms with E-state index in [9.17, 15) is 8.42 Å². The number of sulfonamides is 1. The third kappa shape index (κ3) is 2.34. The van der Waals surface area contributed by atoms with Crippen molar-refractivity contribution in [3.05, 3.63) is 12.5 Å². The summed E-state index contributed by atoms with van der Waals surface area (Å²) in [5.41, 5.74) is 5.60. The molecule has 0 amide bonds. The number of imidazole rings is 1. The SMILES string of the molecule is Cn1cnc(S(=O)(=O)N2CCNCC2CN)c1. The average molecular weight is 259 g/mol. The second kappa shape index (κ2) is 4.73. The molecule has 1 aliphatic rings. The Hall–Kier alpha value is -0.960. The highest BCUT2D eigenvalue weighted by molar-refractivity contribution is 7.89. The number of hydrogen-bond acceptors (Lipinski definition) is 5. The van der Waals surface area contributed by atoms with Crippen LogP contribution in [-0.4, -0.2) is 54.5 Å². The molecule has 0 aromatic carbocycles. The van der Waals surface area contributed by atoms with Crippen molar-refractivity contribution in [2.24, 2.45) is 12.8 Å². The first-order valence-electron chi connectivity index (χ1n) is 5.46. The first-order valence-corrected chi connectivity index (χ1v) is 6.90. The van der Waals surface area contributed by atoms with Gasteiger partial charge in [-0.2, -0.15) is 4.31 Å². The fourth-order valence-corrected chi connectivity index (χ4v) is 3.51. The second-order valence-electron chi connectivity index (χ2n) is 4.09. The van der Waals surface area contributed by atoms with E-state index in [0.717, 1.165) is 0 Å². The lowest BCUT2D eigenvalue weighted by atomic mass is 10.2. The molecule has 2 rings (SSSR count). The van der Waals surface area contributed by atoms with Crippen molar-refractivity contribution in [2.45, 2.75) is 11.1 Å². The van der Waals surface area contributed by atoms with Gasteiger partial charge in [-0.25, -0.2) is 13.4 Å². The molecular formula is C9H17N5O2S. The van der Waals surface area contributed by atoms with Crippen LogP contribution in [0.1, 0.15) is 0 Å². The highest BCUT2D eigenvalue weighted by Gasteiger charge is 2.33. The quantitative estimate of drug-likeness (QED) is 0.678. The van der Waals surface area contributed by atoms with Crippen molar-refractivity contribution in [3.8, 4) is 0 Å². The van der Waals surface area contributed by atoms with Gasteiger partial charge in [0.05, 0.1) is 6.33 Å². The lowest BCUT2D eigenvalue weighted by Crippen LogP contribution is -2.56. The number of hydrogen-bond donors (Lipinski definition) is 2. The zero-order chi connectivity index (χ0) is 12.5. The Morgan fingerprint density at radius 2 is 2.41 bits per heavy atom. The fourth-order valence-electron chi connectivity index (χ4n) is 1.90. The topological polar surface area (TPSA) is 93.2 Å². The third-order valence-electron chi connectivity index (χ3n) is 2.82. The summed E-state index contributed by atoms with van der Waals surface area (Å²) in [7, 11) is -1.78. The summed E-state index contributed by atoms with van der Waals surface area (Å²) in [5.74, 6) is 0. The van der Waals surface area contributed by atoms with Crippen LogP contribution in [0.3, 0.4) is 0 Å². The minimum atomic E-state index is -3.52. The molecule has 0 spiro atoms. The van der Waals surface area contributed by atoms with Gasteiger partial charge in [0, 0.05) is 45.5 Å². The summed E-state index contributed by atoms with van der Waals surface area (Å²) in [5, 5.41) is 3.22. The Kier molecular flexibility index (Phi) is 3.48. The zero-order valence-electron chi connectivity index (χ0n) is 9.70. The molecule has 1 saturated heterocycles. The maximum atomic E-state index is 12.3. The van der Waals surface area contributed by atoms with Crippen molar-refractivity contribution in [1.82, 2.24) is 19.2 Å². The molecule has 2 heterocycles. The number of rotatable bonds is 3. The zero-order valence-corrected chi connectivity index (χ0v) is 10.5. The first kappa shape index (κ1) is 12.5. The molecule has 0 aliphatic carbocycles. The summed E-state index contributed by atoms with van der Waals surface area (Å²) in [6.07, 6.45) is 2.98. The summed E-state index contributed by atoms with van der Waals surface area (Å²) < 4.78 is 27.7. The van der Waals surface area contributed by atoms with E-state index in [1.54, 1.807) is 11.6 Å². The maximum absolute atomic E-state index is 12.3. The molecule has 1 unspecified atom stereocenters. The maximum Gasteiger partial charge on any atom is 0.262 e. The van der Waals surface area contributed by atoms with Gasteiger partial charge in [-0.05, 0) is 0 Å². The molecule has 1 fully saturated rings. The molecular weight excluding hydrogens is 242 g/mol. The van der Waals surface area contributed by atoms with E-state index in [-0.39, 0.29) is 11.1 Å². The summed E-state index contributed by atoms with van der Waals surface area (Å²) in [4.78, 5) is 3.90. The molecule has 96 valence electrons. The van der Waals surface area contributed by atoms with E-state index in [4.69, 9.17) is 5.73 Å². The molecule has 8 heteroatoms. The molecule has 0 bridgehead atoms. The minimum Gasteiger partial charge on any atom is -0.339 e. The Bertz CT molecular complexity index is 483. The smallest absolute Gasteiger partial charge is 0.262 e. The van der Waals surface area contributed by atoms with E-state index in [0.29, 0.717) is 26.2 Å². The summed E-state index contributed by atoms with van der Waals surface area (Å²) in [6.45, 7) is 1.96. The van der Waals surface area contributed by atoms with Gasteiger partial charge in [-0.3, -0.25) is 0 Å². The Balaban J connectivity index is 2.30. The number of aryl methyl sites for hydroxylation is 1. The molecule has 7 nitrogen and oxygen atoms in total. The number of nitrogens with two attached hydrogens (primary N) is 1. The minimum absolute atomic E-state index is 0.0837. The van der Waals surface area contributed by atoms with Crippen LogP contribution in [0.4, 0.5) is 0 Å². The third-order valence-corrected chi connectivity index (χ3v) is 4.66. The molecule has 1 aliphatic heterocycles. The van der Waals surface area contributed by atoms with Gasteiger partial charge in [0.1, 0.15) is 0 Å². The fraction of sp³-hybridized carbons (Fsp3) is 0.667. The van der Waals surface area contributed by atoms with Crippen LogP contribution in [0.2, 0.25) is 0 Å². The van der Waals surface area contributed by atoms with Crippen molar-refractivity contribution in [2.75, 3.05) is 26.2 Å². The monoisotopic (exact) mass is 259 g/mol. The lowest BCUT2D eigenvalue weighted by Gasteiger charge is -2.33. The standard InChI is InChI=1S/C9H17N5O2S/c1-13-6-9(12-7-13)17(15,16)14-3-2-11-5-8(14)4-10/h6-8,11H,2-5,10H2,1H3. The number of nitrogens with zero attached hydrogens (tertiary/aromatic N) is 3.